The largest absolute Gasteiger partial charge is 0.312 e. The van der Waals surface area contributed by atoms with Crippen molar-refractivity contribution in [2.75, 3.05) is 6.54 Å². The summed E-state index contributed by atoms with van der Waals surface area (Å²) in [5, 5.41) is 11.8. The zero-order valence-electron chi connectivity index (χ0n) is 9.06. The van der Waals surface area contributed by atoms with Crippen molar-refractivity contribution in [3.63, 3.8) is 0 Å². The molecule has 0 spiro atoms. The predicted octanol–water partition coefficient (Wildman–Crippen LogP) is 0.972. The lowest BCUT2D eigenvalue weighted by Crippen LogP contribution is -2.29. The van der Waals surface area contributed by atoms with Crippen molar-refractivity contribution in [2.24, 2.45) is 0 Å². The van der Waals surface area contributed by atoms with Gasteiger partial charge in [-0.1, -0.05) is 30.3 Å². The van der Waals surface area contributed by atoms with Crippen LogP contribution in [-0.2, 0) is 19.5 Å². The Balaban J connectivity index is 1.88. The van der Waals surface area contributed by atoms with Gasteiger partial charge < -0.3 is 9.88 Å². The summed E-state index contributed by atoms with van der Waals surface area (Å²) < 4.78 is 2.23. The van der Waals surface area contributed by atoms with Crippen molar-refractivity contribution < 1.29 is 0 Å². The van der Waals surface area contributed by atoms with Crippen LogP contribution in [0.15, 0.2) is 30.3 Å². The second kappa shape index (κ2) is 4.06. The van der Waals surface area contributed by atoms with E-state index in [1.165, 1.54) is 5.56 Å². The van der Waals surface area contributed by atoms with E-state index in [1.807, 2.05) is 6.07 Å². The molecule has 82 valence electrons. The number of hydrogen-bond acceptors (Lipinski definition) is 3. The Morgan fingerprint density at radius 2 is 2.06 bits per heavy atom. The second-order valence-electron chi connectivity index (χ2n) is 4.02. The molecule has 1 aliphatic heterocycles. The van der Waals surface area contributed by atoms with Crippen LogP contribution in [0.1, 0.15) is 17.2 Å². The van der Waals surface area contributed by atoms with Gasteiger partial charge in [-0.3, -0.25) is 0 Å². The molecule has 16 heavy (non-hydrogen) atoms. The summed E-state index contributed by atoms with van der Waals surface area (Å²) in [6.07, 6.45) is 0.869. The van der Waals surface area contributed by atoms with Crippen LogP contribution in [0.2, 0.25) is 0 Å². The molecule has 0 fully saturated rings. The summed E-state index contributed by atoms with van der Waals surface area (Å²) in [7, 11) is 0. The van der Waals surface area contributed by atoms with Crippen molar-refractivity contribution in [3.8, 4) is 0 Å². The second-order valence-corrected chi connectivity index (χ2v) is 4.02. The van der Waals surface area contributed by atoms with Crippen LogP contribution in [-0.4, -0.2) is 21.3 Å². The van der Waals surface area contributed by atoms with Crippen LogP contribution in [0, 0.1) is 0 Å². The lowest BCUT2D eigenvalue weighted by Gasteiger charge is -2.15. The Labute approximate surface area is 94.3 Å². The van der Waals surface area contributed by atoms with Gasteiger partial charge in [0.25, 0.3) is 0 Å². The first-order valence-corrected chi connectivity index (χ1v) is 5.59. The highest BCUT2D eigenvalue weighted by Gasteiger charge is 2.14. The van der Waals surface area contributed by atoms with E-state index >= 15 is 0 Å². The highest BCUT2D eigenvalue weighted by atomic mass is 15.3. The Bertz CT molecular complexity index is 475. The maximum Gasteiger partial charge on any atom is 0.147 e. The lowest BCUT2D eigenvalue weighted by atomic mass is 10.1. The molecule has 0 bridgehead atoms. The van der Waals surface area contributed by atoms with E-state index < -0.39 is 0 Å². The molecule has 2 aromatic rings. The summed E-state index contributed by atoms with van der Waals surface area (Å²) in [5.74, 6) is 2.12. The van der Waals surface area contributed by atoms with Gasteiger partial charge in [0.05, 0.1) is 6.54 Å². The first kappa shape index (κ1) is 9.54. The molecule has 2 heterocycles. The molecule has 3 rings (SSSR count). The fourth-order valence-electron chi connectivity index (χ4n) is 2.06. The van der Waals surface area contributed by atoms with E-state index in [0.717, 1.165) is 37.7 Å². The van der Waals surface area contributed by atoms with E-state index in [2.05, 4.69) is 44.3 Å². The standard InChI is InChI=1S/C12H14N4/c1-2-4-10(5-3-1)8-11-14-15-12-9-13-6-7-16(11)12/h1-5,13H,6-9H2. The first-order chi connectivity index (χ1) is 7.93. The third kappa shape index (κ3) is 1.72. The highest BCUT2D eigenvalue weighted by Crippen LogP contribution is 2.10. The van der Waals surface area contributed by atoms with Gasteiger partial charge >= 0.3 is 0 Å². The number of hydrogen-bond donors (Lipinski definition) is 1. The zero-order chi connectivity index (χ0) is 10.8. The average molecular weight is 214 g/mol. The zero-order valence-corrected chi connectivity index (χ0v) is 9.06. The molecule has 4 heteroatoms. The molecule has 0 atom stereocenters. The summed E-state index contributed by atoms with van der Waals surface area (Å²) in [6, 6.07) is 10.4. The number of nitrogens with one attached hydrogen (secondary N) is 1. The molecule has 4 nitrogen and oxygen atoms in total. The van der Waals surface area contributed by atoms with Gasteiger partial charge in [0, 0.05) is 19.5 Å². The van der Waals surface area contributed by atoms with Crippen LogP contribution in [0.5, 0.6) is 0 Å². The third-order valence-corrected chi connectivity index (χ3v) is 2.90. The Kier molecular flexibility index (Phi) is 2.42. The molecule has 1 N–H and O–H groups in total. The maximum absolute atomic E-state index is 4.27. The van der Waals surface area contributed by atoms with Crippen LogP contribution < -0.4 is 5.32 Å². The average Bonchev–Trinajstić information content (AvgIpc) is 2.74. The quantitative estimate of drug-likeness (QED) is 0.810. The smallest absolute Gasteiger partial charge is 0.147 e. The molecular formula is C12H14N4. The Hall–Kier alpha value is -1.68. The number of fused-ring (bicyclic) bond motifs is 1. The molecule has 0 saturated carbocycles. The van der Waals surface area contributed by atoms with Gasteiger partial charge in [0.15, 0.2) is 0 Å². The normalized spacial score (nSPS) is 14.8. The van der Waals surface area contributed by atoms with E-state index in [-0.39, 0.29) is 0 Å². The SMILES string of the molecule is c1ccc(Cc2nnc3n2CCNC3)cc1. The Morgan fingerprint density at radius 1 is 1.19 bits per heavy atom. The fraction of sp³-hybridized carbons (Fsp3) is 0.333. The van der Waals surface area contributed by atoms with E-state index in [4.69, 9.17) is 0 Å². The first-order valence-electron chi connectivity index (χ1n) is 5.59. The molecule has 1 aliphatic rings. The van der Waals surface area contributed by atoms with Gasteiger partial charge in [0.2, 0.25) is 0 Å². The van der Waals surface area contributed by atoms with Crippen molar-refractivity contribution in [3.05, 3.63) is 47.5 Å². The predicted molar refractivity (Wildman–Crippen MR) is 61.0 cm³/mol. The van der Waals surface area contributed by atoms with Gasteiger partial charge in [0.1, 0.15) is 11.6 Å². The molecule has 0 amide bonds. The van der Waals surface area contributed by atoms with Crippen LogP contribution >= 0.6 is 0 Å². The summed E-state index contributed by atoms with van der Waals surface area (Å²) in [4.78, 5) is 0. The molecule has 1 aromatic heterocycles. The minimum Gasteiger partial charge on any atom is -0.312 e. The van der Waals surface area contributed by atoms with Crippen molar-refractivity contribution in [1.29, 1.82) is 0 Å². The van der Waals surface area contributed by atoms with E-state index in [1.54, 1.807) is 0 Å². The number of rotatable bonds is 2. The topological polar surface area (TPSA) is 42.7 Å². The van der Waals surface area contributed by atoms with E-state index in [9.17, 15) is 0 Å². The monoisotopic (exact) mass is 214 g/mol. The molecule has 0 saturated heterocycles. The maximum atomic E-state index is 4.27. The fourth-order valence-corrected chi connectivity index (χ4v) is 2.06. The number of nitrogens with zero attached hydrogens (tertiary/aromatic N) is 3. The van der Waals surface area contributed by atoms with Crippen LogP contribution in [0.25, 0.3) is 0 Å². The summed E-state index contributed by atoms with van der Waals surface area (Å²) >= 11 is 0. The van der Waals surface area contributed by atoms with Crippen molar-refractivity contribution in [1.82, 2.24) is 20.1 Å². The minimum atomic E-state index is 0.835. The van der Waals surface area contributed by atoms with Gasteiger partial charge in [-0.15, -0.1) is 10.2 Å². The molecule has 0 aliphatic carbocycles. The van der Waals surface area contributed by atoms with E-state index in [0.29, 0.717) is 0 Å². The van der Waals surface area contributed by atoms with Gasteiger partial charge in [-0.25, -0.2) is 0 Å². The minimum absolute atomic E-state index is 0.835. The Morgan fingerprint density at radius 3 is 2.94 bits per heavy atom. The lowest BCUT2D eigenvalue weighted by molar-refractivity contribution is 0.496. The highest BCUT2D eigenvalue weighted by molar-refractivity contribution is 5.19. The summed E-state index contributed by atoms with van der Waals surface area (Å²) in [6.45, 7) is 2.82. The number of benzene rings is 1. The van der Waals surface area contributed by atoms with Crippen LogP contribution in [0.4, 0.5) is 0 Å². The third-order valence-electron chi connectivity index (χ3n) is 2.90. The van der Waals surface area contributed by atoms with Gasteiger partial charge in [-0.05, 0) is 5.56 Å². The van der Waals surface area contributed by atoms with Crippen molar-refractivity contribution >= 4 is 0 Å². The number of aromatic nitrogens is 3. The summed E-state index contributed by atoms with van der Waals surface area (Å²) in [5.41, 5.74) is 1.29. The molecular weight excluding hydrogens is 200 g/mol. The van der Waals surface area contributed by atoms with Crippen LogP contribution in [0.3, 0.4) is 0 Å². The molecule has 0 unspecified atom stereocenters. The molecule has 1 aromatic carbocycles. The van der Waals surface area contributed by atoms with Gasteiger partial charge in [-0.2, -0.15) is 0 Å². The molecule has 0 radical (unpaired) electrons. The van der Waals surface area contributed by atoms with Crippen molar-refractivity contribution in [2.45, 2.75) is 19.5 Å².